The van der Waals surface area contributed by atoms with Gasteiger partial charge in [-0.05, 0) is 101 Å². The minimum atomic E-state index is -0.142. The third-order valence-electron chi connectivity index (χ3n) is 19.7. The van der Waals surface area contributed by atoms with Gasteiger partial charge in [-0.3, -0.25) is 19.2 Å². The second kappa shape index (κ2) is 41.6. The molecule has 0 aliphatic heterocycles. The predicted molar refractivity (Wildman–Crippen MR) is 496 cm³/mol. The van der Waals surface area contributed by atoms with E-state index in [9.17, 15) is 19.2 Å². The molecule has 0 bridgehead atoms. The number of nitrogens with two attached hydrogens (primary N) is 4. The highest BCUT2D eigenvalue weighted by Crippen LogP contribution is 2.34. The summed E-state index contributed by atoms with van der Waals surface area (Å²) in [5.41, 5.74) is 42.8. The summed E-state index contributed by atoms with van der Waals surface area (Å²) < 4.78 is 0. The Labute approximate surface area is 713 Å². The SMILES string of the molecule is Nc1ccc(-c2cnc(NC(=O)CCCc3ccccc3)c(-c3ccccc3)n2)cc1.Nc1ccc(-c2cnc(NC(=O)CCc3ccccc3)c(-c3ccccc3)n2)cc1.Nc1ccc(-c2cnc(NC(=O)Cc3ccc4ccccc4c3)c(-c3ccccc3)n2)cc1.Nc1ccc(-c2cnc(NC(=O)Cc3ccccc3)c(-c3ccccc3)n2)cc1. The molecule has 20 heteroatoms. The van der Waals surface area contributed by atoms with E-state index in [1.54, 1.807) is 24.8 Å². The van der Waals surface area contributed by atoms with Gasteiger partial charge in [0.1, 0.15) is 22.8 Å². The number of aromatic nitrogens is 8. The summed E-state index contributed by atoms with van der Waals surface area (Å²) in [6.45, 7) is 0. The van der Waals surface area contributed by atoms with Crippen molar-refractivity contribution in [1.29, 1.82) is 0 Å². The summed E-state index contributed by atoms with van der Waals surface area (Å²) in [6.07, 6.45) is 10.3. The molecule has 123 heavy (non-hydrogen) atoms. The Balaban J connectivity index is 0.000000134. The topological polar surface area (TPSA) is 324 Å². The Morgan fingerprint density at radius 1 is 0.236 bits per heavy atom. The zero-order valence-corrected chi connectivity index (χ0v) is 67.3. The first kappa shape index (κ1) is 83.0. The number of rotatable bonds is 23. The molecule has 4 amide bonds. The lowest BCUT2D eigenvalue weighted by molar-refractivity contribution is -0.117. The molecule has 17 rings (SSSR count). The fraction of sp³-hybridized carbons (Fsp3) is 0.0680. The summed E-state index contributed by atoms with van der Waals surface area (Å²) >= 11 is 0. The highest BCUT2D eigenvalue weighted by atomic mass is 16.2. The van der Waals surface area contributed by atoms with Crippen molar-refractivity contribution >= 4 is 80.4 Å². The van der Waals surface area contributed by atoms with Crippen LogP contribution in [0.15, 0.2) is 377 Å². The van der Waals surface area contributed by atoms with Crippen LogP contribution in [0.4, 0.5) is 46.0 Å². The number of amides is 4. The lowest BCUT2D eigenvalue weighted by atomic mass is 10.0. The third-order valence-corrected chi connectivity index (χ3v) is 19.7. The number of nitrogen functional groups attached to an aromatic ring is 4. The number of benzene rings is 13. The molecule has 0 unspecified atom stereocenters. The van der Waals surface area contributed by atoms with Crippen molar-refractivity contribution in [2.75, 3.05) is 44.2 Å². The summed E-state index contributed by atoms with van der Waals surface area (Å²) in [7, 11) is 0. The number of carbonyl (C=O) groups is 4. The van der Waals surface area contributed by atoms with E-state index in [4.69, 9.17) is 42.9 Å². The molecule has 0 radical (unpaired) electrons. The van der Waals surface area contributed by atoms with Gasteiger partial charge in [0.2, 0.25) is 23.6 Å². The van der Waals surface area contributed by atoms with Crippen LogP contribution in [0.5, 0.6) is 0 Å². The molecular weight excluding hydrogens is 1530 g/mol. The van der Waals surface area contributed by atoms with Crippen molar-refractivity contribution in [3.8, 4) is 90.1 Å². The van der Waals surface area contributed by atoms with Gasteiger partial charge in [0, 0.05) is 80.1 Å². The molecule has 604 valence electrons. The predicted octanol–water partition coefficient (Wildman–Crippen LogP) is 20.6. The number of anilines is 8. The second-order valence-corrected chi connectivity index (χ2v) is 28.8. The average Bonchev–Trinajstić information content (AvgIpc) is 0.819. The molecular formula is C103H88N16O4. The van der Waals surface area contributed by atoms with Gasteiger partial charge in [0.05, 0.1) is 60.4 Å². The van der Waals surface area contributed by atoms with E-state index in [2.05, 4.69) is 59.4 Å². The van der Waals surface area contributed by atoms with E-state index in [1.165, 1.54) is 5.56 Å². The monoisotopic (exact) mass is 1610 g/mol. The maximum Gasteiger partial charge on any atom is 0.230 e. The van der Waals surface area contributed by atoms with E-state index < -0.39 is 0 Å². The van der Waals surface area contributed by atoms with E-state index in [0.717, 1.165) is 96.2 Å². The van der Waals surface area contributed by atoms with Crippen molar-refractivity contribution in [2.45, 2.75) is 44.9 Å². The Kier molecular flexibility index (Phi) is 28.1. The van der Waals surface area contributed by atoms with Crippen LogP contribution in [-0.2, 0) is 44.9 Å². The fourth-order valence-corrected chi connectivity index (χ4v) is 13.3. The van der Waals surface area contributed by atoms with Crippen LogP contribution in [0.2, 0.25) is 0 Å². The molecule has 0 spiro atoms. The molecule has 0 atom stereocenters. The van der Waals surface area contributed by atoms with Crippen LogP contribution in [0.25, 0.3) is 101 Å². The fourth-order valence-electron chi connectivity index (χ4n) is 13.3. The highest BCUT2D eigenvalue weighted by Gasteiger charge is 2.20. The smallest absolute Gasteiger partial charge is 0.230 e. The first-order valence-corrected chi connectivity index (χ1v) is 40.1. The molecule has 0 aliphatic carbocycles. The van der Waals surface area contributed by atoms with Gasteiger partial charge in [-0.15, -0.1) is 0 Å². The molecule has 13 aromatic carbocycles. The molecule has 0 fully saturated rings. The minimum Gasteiger partial charge on any atom is -0.399 e. The number of nitrogens with one attached hydrogen (secondary N) is 4. The summed E-state index contributed by atoms with van der Waals surface area (Å²) in [5, 5.41) is 14.0. The van der Waals surface area contributed by atoms with E-state index in [0.29, 0.717) is 99.4 Å². The van der Waals surface area contributed by atoms with Crippen LogP contribution in [0.1, 0.15) is 41.5 Å². The molecule has 0 aliphatic rings. The van der Waals surface area contributed by atoms with Crippen molar-refractivity contribution < 1.29 is 19.2 Å². The van der Waals surface area contributed by atoms with Crippen molar-refractivity contribution in [2.24, 2.45) is 0 Å². The highest BCUT2D eigenvalue weighted by molar-refractivity contribution is 5.98. The van der Waals surface area contributed by atoms with Crippen molar-refractivity contribution in [3.63, 3.8) is 0 Å². The van der Waals surface area contributed by atoms with Crippen LogP contribution in [-0.4, -0.2) is 63.5 Å². The van der Waals surface area contributed by atoms with Gasteiger partial charge in [0.15, 0.2) is 23.3 Å². The second-order valence-electron chi connectivity index (χ2n) is 28.8. The number of fused-ring (bicyclic) bond motifs is 1. The molecule has 4 heterocycles. The Morgan fingerprint density at radius 3 is 0.837 bits per heavy atom. The molecule has 20 nitrogen and oxygen atoms in total. The first-order valence-electron chi connectivity index (χ1n) is 40.1. The van der Waals surface area contributed by atoms with Crippen molar-refractivity contribution in [1.82, 2.24) is 39.9 Å². The minimum absolute atomic E-state index is 0.0670. The van der Waals surface area contributed by atoms with Gasteiger partial charge in [-0.2, -0.15) is 0 Å². The van der Waals surface area contributed by atoms with E-state index >= 15 is 0 Å². The molecule has 0 saturated heterocycles. The zero-order chi connectivity index (χ0) is 84.9. The quantitative estimate of drug-likeness (QED) is 0.0276. The van der Waals surface area contributed by atoms with Crippen LogP contribution >= 0.6 is 0 Å². The number of hydrogen-bond acceptors (Lipinski definition) is 16. The lowest BCUT2D eigenvalue weighted by Crippen LogP contribution is -2.16. The normalized spacial score (nSPS) is 10.6. The first-order chi connectivity index (χ1) is 60.2. The van der Waals surface area contributed by atoms with Gasteiger partial charge >= 0.3 is 0 Å². The van der Waals surface area contributed by atoms with E-state index in [-0.39, 0.29) is 36.5 Å². The zero-order valence-electron chi connectivity index (χ0n) is 67.3. The lowest BCUT2D eigenvalue weighted by Gasteiger charge is -2.12. The van der Waals surface area contributed by atoms with Gasteiger partial charge in [-0.1, -0.05) is 303 Å². The molecule has 17 aromatic rings. The standard InChI is InChI=1S/C28H22N4O.C26H24N4O.C25H22N4O.C24H20N4O/c29-24-14-12-21(13-15-24)25-18-30-28(27(31-25)22-7-2-1-3-8-22)32-26(33)17-19-10-11-20-6-4-5-9-23(20)16-19;27-22-16-14-20(15-17-22)23-18-28-26(25(29-23)21-11-5-2-6-12-21)30-24(31)13-7-10-19-8-3-1-4-9-19;26-21-14-12-19(13-15-21)22-17-27-25(24(28-22)20-9-5-2-6-10-20)29-23(30)16-11-18-7-3-1-4-8-18;25-20-13-11-18(12-14-20)21-16-26-24(23(27-21)19-9-5-2-6-10-19)28-22(29)15-17-7-3-1-4-8-17/h1-16,18H,17,29H2,(H,30,32,33);1-6,8-9,11-12,14-18H,7,10,13,27H2,(H,28,30,31);1-10,12-15,17H,11,16,26H2,(H,27,29,30);1-14,16H,15,25H2,(H,26,28,29). The summed E-state index contributed by atoms with van der Waals surface area (Å²) in [4.78, 5) is 88.0. The van der Waals surface area contributed by atoms with Crippen LogP contribution in [0.3, 0.4) is 0 Å². The number of nitrogens with zero attached hydrogens (tertiary/aromatic N) is 8. The Hall–Kier alpha value is -16.5. The number of carbonyl (C=O) groups excluding carboxylic acids is 4. The van der Waals surface area contributed by atoms with Crippen LogP contribution in [0, 0.1) is 0 Å². The Morgan fingerprint density at radius 2 is 0.504 bits per heavy atom. The summed E-state index contributed by atoms with van der Waals surface area (Å²) in [6, 6.07) is 113. The van der Waals surface area contributed by atoms with Crippen LogP contribution < -0.4 is 44.2 Å². The van der Waals surface area contributed by atoms with Gasteiger partial charge in [0.25, 0.3) is 0 Å². The van der Waals surface area contributed by atoms with E-state index in [1.807, 2.05) is 334 Å². The number of hydrogen-bond donors (Lipinski definition) is 8. The van der Waals surface area contributed by atoms with Crippen molar-refractivity contribution in [3.05, 3.63) is 399 Å². The summed E-state index contributed by atoms with van der Waals surface area (Å²) in [5.74, 6) is 1.37. The van der Waals surface area contributed by atoms with Gasteiger partial charge < -0.3 is 44.2 Å². The van der Waals surface area contributed by atoms with Gasteiger partial charge in [-0.25, -0.2) is 39.9 Å². The maximum absolute atomic E-state index is 12.9. The average molecular weight is 1610 g/mol. The number of aryl methyl sites for hydroxylation is 2. The Bertz CT molecular complexity index is 6370. The molecule has 12 N–H and O–H groups in total. The molecule has 0 saturated carbocycles. The largest absolute Gasteiger partial charge is 0.399 e. The maximum atomic E-state index is 12.9. The third kappa shape index (κ3) is 23.7. The molecule has 4 aromatic heterocycles.